The first-order chi connectivity index (χ1) is 10.1. The van der Waals surface area contributed by atoms with E-state index >= 15 is 0 Å². The van der Waals surface area contributed by atoms with Gasteiger partial charge >= 0.3 is 0 Å². The van der Waals surface area contributed by atoms with Crippen molar-refractivity contribution in [1.29, 1.82) is 0 Å². The Bertz CT molecular complexity index is 632. The average molecular weight is 306 g/mol. The summed E-state index contributed by atoms with van der Waals surface area (Å²) in [6.07, 6.45) is 6.00. The van der Waals surface area contributed by atoms with Gasteiger partial charge in [0, 0.05) is 18.0 Å². The van der Waals surface area contributed by atoms with E-state index in [1.54, 1.807) is 0 Å². The lowest BCUT2D eigenvalue weighted by atomic mass is 9.94. The number of nitrogens with two attached hydrogens (primary N) is 1. The van der Waals surface area contributed by atoms with E-state index in [1.165, 1.54) is 19.3 Å². The van der Waals surface area contributed by atoms with Crippen molar-refractivity contribution < 1.29 is 0 Å². The Labute approximate surface area is 131 Å². The minimum Gasteiger partial charge on any atom is -0.327 e. The molecule has 0 saturated heterocycles. The summed E-state index contributed by atoms with van der Waals surface area (Å²) in [7, 11) is 0. The predicted molar refractivity (Wildman–Crippen MR) is 88.9 cm³/mol. The van der Waals surface area contributed by atoms with Gasteiger partial charge in [0.05, 0.1) is 16.1 Å². The Morgan fingerprint density at radius 2 is 2.00 bits per heavy atom. The van der Waals surface area contributed by atoms with E-state index in [9.17, 15) is 0 Å². The number of hydrogen-bond acceptors (Lipinski definition) is 2. The Morgan fingerprint density at radius 1 is 1.24 bits per heavy atom. The third kappa shape index (κ3) is 2.69. The summed E-state index contributed by atoms with van der Waals surface area (Å²) in [5.74, 6) is 1.47. The SMILES string of the molecule is CC(C)n1c(C2CCCCCC2N)nc2cccc(Cl)c21. The number of nitrogens with zero attached hydrogens (tertiary/aromatic N) is 2. The number of hydrogen-bond donors (Lipinski definition) is 1. The molecule has 0 radical (unpaired) electrons. The van der Waals surface area contributed by atoms with Crippen LogP contribution in [0, 0.1) is 0 Å². The second-order valence-electron chi connectivity index (χ2n) is 6.45. The third-order valence-corrected chi connectivity index (χ3v) is 4.91. The van der Waals surface area contributed by atoms with Crippen molar-refractivity contribution in [3.63, 3.8) is 0 Å². The van der Waals surface area contributed by atoms with E-state index in [0.29, 0.717) is 12.0 Å². The van der Waals surface area contributed by atoms with Crippen molar-refractivity contribution in [2.24, 2.45) is 5.73 Å². The van der Waals surface area contributed by atoms with Gasteiger partial charge in [0.25, 0.3) is 0 Å². The molecule has 114 valence electrons. The number of rotatable bonds is 2. The van der Waals surface area contributed by atoms with Crippen LogP contribution < -0.4 is 5.73 Å². The molecule has 21 heavy (non-hydrogen) atoms. The van der Waals surface area contributed by atoms with Crippen molar-refractivity contribution in [3.8, 4) is 0 Å². The summed E-state index contributed by atoms with van der Waals surface area (Å²) in [4.78, 5) is 4.91. The van der Waals surface area contributed by atoms with Gasteiger partial charge < -0.3 is 10.3 Å². The molecule has 0 amide bonds. The zero-order chi connectivity index (χ0) is 15.0. The largest absolute Gasteiger partial charge is 0.327 e. The maximum Gasteiger partial charge on any atom is 0.114 e. The highest BCUT2D eigenvalue weighted by Crippen LogP contribution is 2.36. The number of benzene rings is 1. The first kappa shape index (κ1) is 14.9. The lowest BCUT2D eigenvalue weighted by Gasteiger charge is -2.24. The first-order valence-corrected chi connectivity index (χ1v) is 8.39. The Hall–Kier alpha value is -1.06. The monoisotopic (exact) mass is 305 g/mol. The van der Waals surface area contributed by atoms with Crippen LogP contribution in [0.3, 0.4) is 0 Å². The summed E-state index contributed by atoms with van der Waals surface area (Å²) in [6.45, 7) is 4.38. The molecule has 3 rings (SSSR count). The molecule has 2 N–H and O–H groups in total. The van der Waals surface area contributed by atoms with Gasteiger partial charge in [0.15, 0.2) is 0 Å². The molecule has 1 aromatic heterocycles. The van der Waals surface area contributed by atoms with E-state index in [-0.39, 0.29) is 6.04 Å². The fourth-order valence-electron chi connectivity index (χ4n) is 3.57. The van der Waals surface area contributed by atoms with Crippen LogP contribution >= 0.6 is 11.6 Å². The van der Waals surface area contributed by atoms with Crippen LogP contribution in [0.1, 0.15) is 63.7 Å². The van der Waals surface area contributed by atoms with E-state index < -0.39 is 0 Å². The zero-order valence-electron chi connectivity index (χ0n) is 12.8. The van der Waals surface area contributed by atoms with E-state index in [2.05, 4.69) is 18.4 Å². The van der Waals surface area contributed by atoms with Gasteiger partial charge in [-0.25, -0.2) is 4.98 Å². The topological polar surface area (TPSA) is 43.8 Å². The van der Waals surface area contributed by atoms with Crippen LogP contribution in [-0.2, 0) is 0 Å². The molecule has 2 unspecified atom stereocenters. The summed E-state index contributed by atoms with van der Waals surface area (Å²) in [6, 6.07) is 6.51. The predicted octanol–water partition coefficient (Wildman–Crippen LogP) is 4.65. The third-order valence-electron chi connectivity index (χ3n) is 4.61. The van der Waals surface area contributed by atoms with Crippen LogP contribution in [0.4, 0.5) is 0 Å². The van der Waals surface area contributed by atoms with Gasteiger partial charge in [-0.1, -0.05) is 36.9 Å². The molecular weight excluding hydrogens is 282 g/mol. The van der Waals surface area contributed by atoms with Crippen LogP contribution in [-0.4, -0.2) is 15.6 Å². The number of aromatic nitrogens is 2. The molecule has 0 spiro atoms. The molecule has 1 aliphatic carbocycles. The fourth-order valence-corrected chi connectivity index (χ4v) is 3.83. The minimum atomic E-state index is 0.209. The van der Waals surface area contributed by atoms with Crippen molar-refractivity contribution in [1.82, 2.24) is 9.55 Å². The molecular formula is C17H24ClN3. The fraction of sp³-hybridized carbons (Fsp3) is 0.588. The van der Waals surface area contributed by atoms with Gasteiger partial charge in [-0.3, -0.25) is 0 Å². The molecule has 1 saturated carbocycles. The van der Waals surface area contributed by atoms with Gasteiger partial charge in [-0.05, 0) is 38.8 Å². The minimum absolute atomic E-state index is 0.209. The number of fused-ring (bicyclic) bond motifs is 1. The molecule has 0 aliphatic heterocycles. The van der Waals surface area contributed by atoms with Crippen molar-refractivity contribution in [2.45, 2.75) is 64.0 Å². The lowest BCUT2D eigenvalue weighted by Crippen LogP contribution is -2.29. The first-order valence-electron chi connectivity index (χ1n) is 8.01. The van der Waals surface area contributed by atoms with Gasteiger partial charge in [-0.2, -0.15) is 0 Å². The van der Waals surface area contributed by atoms with Gasteiger partial charge in [0.2, 0.25) is 0 Å². The Morgan fingerprint density at radius 3 is 2.76 bits per heavy atom. The van der Waals surface area contributed by atoms with E-state index in [4.69, 9.17) is 22.3 Å². The summed E-state index contributed by atoms with van der Waals surface area (Å²) in [5, 5.41) is 0.780. The Balaban J connectivity index is 2.17. The molecule has 3 nitrogen and oxygen atoms in total. The molecule has 1 aliphatic rings. The maximum atomic E-state index is 6.45. The summed E-state index contributed by atoms with van der Waals surface area (Å²) in [5.41, 5.74) is 8.50. The highest BCUT2D eigenvalue weighted by molar-refractivity contribution is 6.35. The molecule has 0 bridgehead atoms. The zero-order valence-corrected chi connectivity index (χ0v) is 13.6. The Kier molecular flexibility index (Phi) is 4.23. The summed E-state index contributed by atoms with van der Waals surface area (Å²) < 4.78 is 2.30. The highest BCUT2D eigenvalue weighted by Gasteiger charge is 2.28. The molecule has 2 aromatic rings. The van der Waals surface area contributed by atoms with Crippen molar-refractivity contribution >= 4 is 22.6 Å². The lowest BCUT2D eigenvalue weighted by molar-refractivity contribution is 0.450. The molecule has 2 atom stereocenters. The van der Waals surface area contributed by atoms with Crippen molar-refractivity contribution in [2.75, 3.05) is 0 Å². The van der Waals surface area contributed by atoms with Crippen LogP contribution in [0.5, 0.6) is 0 Å². The smallest absolute Gasteiger partial charge is 0.114 e. The van der Waals surface area contributed by atoms with Gasteiger partial charge in [-0.15, -0.1) is 0 Å². The van der Waals surface area contributed by atoms with Crippen LogP contribution in [0.15, 0.2) is 18.2 Å². The second kappa shape index (κ2) is 5.98. The van der Waals surface area contributed by atoms with Gasteiger partial charge in [0.1, 0.15) is 5.82 Å². The standard InChI is InChI=1S/C17H24ClN3/c1-11(2)21-16-13(18)8-6-10-15(16)20-17(21)12-7-4-3-5-9-14(12)19/h6,8,10-12,14H,3-5,7,9,19H2,1-2H3. The second-order valence-corrected chi connectivity index (χ2v) is 6.86. The van der Waals surface area contributed by atoms with Crippen LogP contribution in [0.2, 0.25) is 5.02 Å². The number of imidazole rings is 1. The van der Waals surface area contributed by atoms with E-state index in [1.807, 2.05) is 18.2 Å². The maximum absolute atomic E-state index is 6.45. The quantitative estimate of drug-likeness (QED) is 0.821. The molecule has 1 fully saturated rings. The normalized spacial score (nSPS) is 23.7. The molecule has 1 aromatic carbocycles. The number of halogens is 1. The molecule has 1 heterocycles. The average Bonchev–Trinajstić information content (AvgIpc) is 2.70. The summed E-state index contributed by atoms with van der Waals surface area (Å²) >= 11 is 6.44. The highest BCUT2D eigenvalue weighted by atomic mass is 35.5. The number of para-hydroxylation sites is 1. The van der Waals surface area contributed by atoms with Crippen molar-refractivity contribution in [3.05, 3.63) is 29.0 Å². The van der Waals surface area contributed by atoms with Crippen LogP contribution in [0.25, 0.3) is 11.0 Å². The molecule has 4 heteroatoms. The van der Waals surface area contributed by atoms with E-state index in [0.717, 1.165) is 34.7 Å².